The van der Waals surface area contributed by atoms with Crippen LogP contribution in [0.2, 0.25) is 0 Å². The first-order valence-corrected chi connectivity index (χ1v) is 4.78. The Kier molecular flexibility index (Phi) is 20.0. The van der Waals surface area contributed by atoms with Crippen LogP contribution in [0.5, 0.6) is 0 Å². The van der Waals surface area contributed by atoms with E-state index in [1.165, 1.54) is 38.5 Å². The molecule has 66 valence electrons. The van der Waals surface area contributed by atoms with E-state index in [-0.39, 0.29) is 0 Å². The fourth-order valence-electron chi connectivity index (χ4n) is 0.854. The third kappa shape index (κ3) is 25.9. The van der Waals surface area contributed by atoms with Crippen molar-refractivity contribution in [3.8, 4) is 0 Å². The molecule has 0 heterocycles. The summed E-state index contributed by atoms with van der Waals surface area (Å²) in [6.45, 7) is 4.51. The Morgan fingerprint density at radius 3 is 1.45 bits per heavy atom. The summed E-state index contributed by atoms with van der Waals surface area (Å²) in [5.41, 5.74) is 0. The highest BCUT2D eigenvalue weighted by atomic mass is 32.1. The summed E-state index contributed by atoms with van der Waals surface area (Å²) in [7, 11) is 0. The Hall–Kier alpha value is -0.200. The van der Waals surface area contributed by atoms with Crippen LogP contribution < -0.4 is 0 Å². The zero-order valence-corrected chi connectivity index (χ0v) is 8.47. The van der Waals surface area contributed by atoms with Crippen LogP contribution in [0.3, 0.4) is 0 Å². The van der Waals surface area contributed by atoms with Gasteiger partial charge in [0.15, 0.2) is 0 Å². The van der Waals surface area contributed by atoms with E-state index in [0.29, 0.717) is 0 Å². The maximum Gasteiger partial charge on any atom is 0.0554 e. The van der Waals surface area contributed by atoms with E-state index in [1.54, 1.807) is 5.16 Å². The Bertz CT molecular complexity index is 79.6. The summed E-state index contributed by atoms with van der Waals surface area (Å²) < 4.78 is 0. The van der Waals surface area contributed by atoms with Crippen LogP contribution in [0.15, 0.2) is 0 Å². The molecule has 0 fully saturated rings. The number of unbranched alkanes of at least 4 members (excludes halogenated alkanes) is 5. The van der Waals surface area contributed by atoms with Crippen molar-refractivity contribution in [1.29, 1.82) is 5.41 Å². The molecule has 0 aliphatic rings. The average Bonchev–Trinajstić information content (AvgIpc) is 2.00. The second kappa shape index (κ2) is 16.4. The summed E-state index contributed by atoms with van der Waals surface area (Å²) in [4.78, 5) is 0. The Balaban J connectivity index is 0. The maximum absolute atomic E-state index is 5.77. The van der Waals surface area contributed by atoms with Crippen LogP contribution in [0.1, 0.15) is 52.4 Å². The number of nitrogens with one attached hydrogen (secondary N) is 1. The van der Waals surface area contributed by atoms with E-state index in [0.717, 1.165) is 0 Å². The molecule has 0 atom stereocenters. The van der Waals surface area contributed by atoms with Gasteiger partial charge in [0.25, 0.3) is 0 Å². The molecule has 11 heavy (non-hydrogen) atoms. The summed E-state index contributed by atoms with van der Waals surface area (Å²) >= 11 is 3.81. The first kappa shape index (κ1) is 13.4. The van der Waals surface area contributed by atoms with E-state index in [4.69, 9.17) is 5.41 Å². The molecule has 0 aliphatic carbocycles. The predicted molar refractivity (Wildman–Crippen MR) is 54.4 cm³/mol. The van der Waals surface area contributed by atoms with Crippen molar-refractivity contribution in [3.63, 3.8) is 0 Å². The van der Waals surface area contributed by atoms with Crippen LogP contribution in [0, 0.1) is 5.41 Å². The molecule has 0 saturated heterocycles. The highest BCUT2D eigenvalue weighted by molar-refractivity contribution is 7.78. The number of thiocarbonyl (C=S) groups is 1. The van der Waals surface area contributed by atoms with Crippen LogP contribution in [-0.2, 0) is 0 Å². The van der Waals surface area contributed by atoms with E-state index in [1.807, 2.05) is 0 Å². The molecule has 0 aromatic rings. The molecular weight excluding hydrogens is 154 g/mol. The largest absolute Gasteiger partial charge is 0.248 e. The third-order valence-corrected chi connectivity index (χ3v) is 1.46. The van der Waals surface area contributed by atoms with Gasteiger partial charge in [-0.15, -0.1) is 0 Å². The van der Waals surface area contributed by atoms with Gasteiger partial charge < -0.3 is 0 Å². The normalized spacial score (nSPS) is 7.82. The van der Waals surface area contributed by atoms with Gasteiger partial charge in [-0.25, -0.2) is 5.41 Å². The van der Waals surface area contributed by atoms with Gasteiger partial charge in [0.1, 0.15) is 0 Å². The molecule has 0 amide bonds. The lowest BCUT2D eigenvalue weighted by molar-refractivity contribution is 0.624. The van der Waals surface area contributed by atoms with Gasteiger partial charge in [-0.05, 0) is 12.2 Å². The Labute approximate surface area is 75.7 Å². The fourth-order valence-corrected chi connectivity index (χ4v) is 0.854. The Morgan fingerprint density at radius 1 is 1.00 bits per heavy atom. The molecule has 0 unspecified atom stereocenters. The molecule has 1 N–H and O–H groups in total. The zero-order valence-electron chi connectivity index (χ0n) is 7.65. The number of hydrogen-bond acceptors (Lipinski definition) is 2. The van der Waals surface area contributed by atoms with Crippen molar-refractivity contribution in [2.75, 3.05) is 0 Å². The van der Waals surface area contributed by atoms with Gasteiger partial charge in [-0.3, -0.25) is 0 Å². The van der Waals surface area contributed by atoms with Crippen molar-refractivity contribution in [2.45, 2.75) is 52.4 Å². The van der Waals surface area contributed by atoms with Crippen molar-refractivity contribution < 1.29 is 0 Å². The van der Waals surface area contributed by atoms with E-state index in [2.05, 4.69) is 26.1 Å². The lowest BCUT2D eigenvalue weighted by atomic mass is 10.1. The van der Waals surface area contributed by atoms with Gasteiger partial charge in [-0.2, -0.15) is 0 Å². The monoisotopic (exact) mass is 173 g/mol. The molecule has 2 heteroatoms. The molecule has 0 radical (unpaired) electrons. The van der Waals surface area contributed by atoms with E-state index < -0.39 is 0 Å². The summed E-state index contributed by atoms with van der Waals surface area (Å²) in [6, 6.07) is 0. The van der Waals surface area contributed by atoms with Gasteiger partial charge in [0.05, 0.1) is 5.16 Å². The summed E-state index contributed by atoms with van der Waals surface area (Å²) in [5.74, 6) is 0. The van der Waals surface area contributed by atoms with Gasteiger partial charge in [0, 0.05) is 0 Å². The van der Waals surface area contributed by atoms with Crippen LogP contribution >= 0.6 is 12.2 Å². The minimum absolute atomic E-state index is 1.36. The minimum atomic E-state index is 1.36. The molecule has 0 spiro atoms. The molecule has 0 bridgehead atoms. The third-order valence-electron chi connectivity index (χ3n) is 1.46. The predicted octanol–water partition coefficient (Wildman–Crippen LogP) is 4.03. The van der Waals surface area contributed by atoms with E-state index in [9.17, 15) is 0 Å². The molecule has 0 aromatic heterocycles. The van der Waals surface area contributed by atoms with Gasteiger partial charge >= 0.3 is 0 Å². The van der Waals surface area contributed by atoms with Crippen molar-refractivity contribution in [2.24, 2.45) is 0 Å². The van der Waals surface area contributed by atoms with E-state index >= 15 is 0 Å². The van der Waals surface area contributed by atoms with Crippen molar-refractivity contribution in [3.05, 3.63) is 0 Å². The molecule has 0 aliphatic heterocycles. The number of rotatable bonds is 5. The molecule has 1 nitrogen and oxygen atoms in total. The highest BCUT2D eigenvalue weighted by Gasteiger charge is 1.83. The van der Waals surface area contributed by atoms with Gasteiger partial charge in [-0.1, -0.05) is 52.4 Å². The first-order chi connectivity index (χ1) is 5.33. The van der Waals surface area contributed by atoms with Gasteiger partial charge in [0.2, 0.25) is 0 Å². The second-order valence-electron chi connectivity index (χ2n) is 2.52. The zero-order chi connectivity index (χ0) is 8.95. The topological polar surface area (TPSA) is 23.9 Å². The SMILES string of the molecule is CCCCCCCC.N=C=S. The van der Waals surface area contributed by atoms with Crippen molar-refractivity contribution >= 4 is 17.4 Å². The van der Waals surface area contributed by atoms with Crippen molar-refractivity contribution in [1.82, 2.24) is 0 Å². The number of hydrogen-bond donors (Lipinski definition) is 1. The van der Waals surface area contributed by atoms with Crippen LogP contribution in [-0.4, -0.2) is 5.16 Å². The Morgan fingerprint density at radius 2 is 1.27 bits per heavy atom. The molecule has 0 aromatic carbocycles. The maximum atomic E-state index is 5.77. The lowest BCUT2D eigenvalue weighted by Gasteiger charge is -1.93. The fraction of sp³-hybridized carbons (Fsp3) is 0.889. The second-order valence-corrected chi connectivity index (χ2v) is 2.72. The quantitative estimate of drug-likeness (QED) is 0.379. The summed E-state index contributed by atoms with van der Waals surface area (Å²) in [5, 5.41) is 7.36. The molecular formula is C9H19NS. The highest BCUT2D eigenvalue weighted by Crippen LogP contribution is 2.03. The standard InChI is InChI=1S/C8H18.CHNS/c1-3-5-7-8-6-4-2;2-1-3/h3-8H2,1-2H3;2H. The van der Waals surface area contributed by atoms with Crippen LogP contribution in [0.4, 0.5) is 0 Å². The lowest BCUT2D eigenvalue weighted by Crippen LogP contribution is -1.73. The smallest absolute Gasteiger partial charge is 0.0554 e. The summed E-state index contributed by atoms with van der Waals surface area (Å²) in [6.07, 6.45) is 8.49. The molecule has 0 saturated carbocycles. The van der Waals surface area contributed by atoms with Crippen LogP contribution in [0.25, 0.3) is 0 Å². The first-order valence-electron chi connectivity index (χ1n) is 4.37. The number of isothiocyanates is 1. The minimum Gasteiger partial charge on any atom is -0.248 e. The molecule has 0 rings (SSSR count). The average molecular weight is 173 g/mol.